The van der Waals surface area contributed by atoms with Gasteiger partial charge in [-0.25, -0.2) is 0 Å². The maximum Gasteiger partial charge on any atom is 0.271 e. The van der Waals surface area contributed by atoms with Gasteiger partial charge in [-0.2, -0.15) is 0 Å². The van der Waals surface area contributed by atoms with Gasteiger partial charge in [-0.3, -0.25) is 9.36 Å². The highest BCUT2D eigenvalue weighted by atomic mass is 35.5. The Morgan fingerprint density at radius 2 is 1.48 bits per heavy atom. The summed E-state index contributed by atoms with van der Waals surface area (Å²) < 4.78 is 2.20. The minimum atomic E-state index is -0.385. The van der Waals surface area contributed by atoms with Crippen LogP contribution in [0.4, 0.5) is 0 Å². The van der Waals surface area contributed by atoms with Gasteiger partial charge in [0.05, 0.1) is 10.2 Å². The van der Waals surface area contributed by atoms with E-state index in [-0.39, 0.29) is 11.6 Å². The molecule has 1 unspecified atom stereocenters. The second-order valence-electron chi connectivity index (χ2n) is 6.97. The molecule has 1 aliphatic heterocycles. The van der Waals surface area contributed by atoms with E-state index in [1.807, 2.05) is 60.7 Å². The summed E-state index contributed by atoms with van der Waals surface area (Å²) in [5, 5.41) is 9.87. The van der Waals surface area contributed by atoms with E-state index in [9.17, 15) is 4.79 Å². The van der Waals surface area contributed by atoms with Gasteiger partial charge >= 0.3 is 0 Å². The van der Waals surface area contributed by atoms with Crippen LogP contribution in [0.25, 0.3) is 6.08 Å². The third kappa shape index (κ3) is 3.65. The molecule has 0 radical (unpaired) electrons. The van der Waals surface area contributed by atoms with Crippen molar-refractivity contribution in [3.8, 4) is 0 Å². The smallest absolute Gasteiger partial charge is 0.268 e. The van der Waals surface area contributed by atoms with Crippen LogP contribution >= 0.6 is 34.5 Å². The molecule has 0 saturated carbocycles. The molecule has 2 heterocycles. The Morgan fingerprint density at radius 3 is 2.16 bits per heavy atom. The predicted octanol–water partition coefficient (Wildman–Crippen LogP) is 4.67. The molecule has 5 rings (SSSR count). The second kappa shape index (κ2) is 8.27. The number of halogens is 2. The molecule has 0 spiro atoms. The van der Waals surface area contributed by atoms with Gasteiger partial charge in [-0.05, 0) is 23.8 Å². The van der Waals surface area contributed by atoms with Crippen LogP contribution in [0.3, 0.4) is 0 Å². The maximum atomic E-state index is 13.5. The quantitative estimate of drug-likeness (QED) is 0.435. The van der Waals surface area contributed by atoms with Crippen LogP contribution in [0.15, 0.2) is 93.9 Å². The number of rotatable bonds is 3. The molecule has 1 atom stereocenters. The molecule has 0 fully saturated rings. The number of nitrogens with zero attached hydrogens (tertiary/aromatic N) is 3. The Balaban J connectivity index is 1.75. The molecule has 31 heavy (non-hydrogen) atoms. The van der Waals surface area contributed by atoms with Crippen LogP contribution in [0.2, 0.25) is 10.0 Å². The van der Waals surface area contributed by atoms with Crippen molar-refractivity contribution in [2.75, 3.05) is 0 Å². The van der Waals surface area contributed by atoms with Crippen molar-refractivity contribution in [1.29, 1.82) is 0 Å². The minimum absolute atomic E-state index is 0.156. The van der Waals surface area contributed by atoms with Crippen LogP contribution < -0.4 is 14.9 Å². The maximum absolute atomic E-state index is 13.5. The largest absolute Gasteiger partial charge is 0.271 e. The zero-order valence-corrected chi connectivity index (χ0v) is 18.4. The fraction of sp³-hybridized carbons (Fsp3) is 0.0417. The second-order valence-corrected chi connectivity index (χ2v) is 8.79. The molecule has 0 aliphatic carbocycles. The molecule has 4 aromatic rings. The summed E-state index contributed by atoms with van der Waals surface area (Å²) in [7, 11) is 0. The number of fused-ring (bicyclic) bond motifs is 1. The van der Waals surface area contributed by atoms with Crippen molar-refractivity contribution in [2.45, 2.75) is 6.04 Å². The molecular weight excluding hydrogens is 449 g/mol. The molecule has 1 aromatic heterocycles. The first-order chi connectivity index (χ1) is 15.1. The zero-order valence-electron chi connectivity index (χ0n) is 16.1. The van der Waals surface area contributed by atoms with Crippen LogP contribution in [0, 0.1) is 0 Å². The number of thiazole rings is 1. The van der Waals surface area contributed by atoms with Gasteiger partial charge in [0, 0.05) is 21.2 Å². The average molecular weight is 464 g/mol. The molecule has 3 aromatic carbocycles. The van der Waals surface area contributed by atoms with E-state index < -0.39 is 0 Å². The molecule has 0 amide bonds. The van der Waals surface area contributed by atoms with Crippen LogP contribution in [0.5, 0.6) is 0 Å². The summed E-state index contributed by atoms with van der Waals surface area (Å²) in [5.41, 5.74) is 3.06. The van der Waals surface area contributed by atoms with Crippen LogP contribution in [-0.2, 0) is 0 Å². The monoisotopic (exact) mass is 463 g/mol. The average Bonchev–Trinajstić information content (AvgIpc) is 3.12. The van der Waals surface area contributed by atoms with Crippen molar-refractivity contribution < 1.29 is 0 Å². The lowest BCUT2D eigenvalue weighted by Gasteiger charge is -2.22. The normalized spacial score (nSPS) is 15.9. The third-order valence-corrected chi connectivity index (χ3v) is 6.69. The topological polar surface area (TPSA) is 46.7 Å². The van der Waals surface area contributed by atoms with Crippen molar-refractivity contribution >= 4 is 46.3 Å². The van der Waals surface area contributed by atoms with Crippen LogP contribution in [0.1, 0.15) is 22.7 Å². The number of aromatic nitrogens is 1. The molecular formula is C24H15Cl2N3OS. The number of hydrogen-bond acceptors (Lipinski definition) is 4. The summed E-state index contributed by atoms with van der Waals surface area (Å²) in [6, 6.07) is 24.5. The lowest BCUT2D eigenvalue weighted by atomic mass is 9.96. The molecule has 0 N–H and O–H groups in total. The van der Waals surface area contributed by atoms with E-state index in [2.05, 4.69) is 10.2 Å². The van der Waals surface area contributed by atoms with Gasteiger partial charge in [-0.1, -0.05) is 101 Å². The van der Waals surface area contributed by atoms with E-state index >= 15 is 0 Å². The number of hydrogen-bond donors (Lipinski definition) is 0. The molecule has 152 valence electrons. The first-order valence-corrected chi connectivity index (χ1v) is 11.1. The Morgan fingerprint density at radius 1 is 0.839 bits per heavy atom. The molecule has 0 saturated heterocycles. The van der Waals surface area contributed by atoms with Crippen molar-refractivity contribution in [2.24, 2.45) is 10.2 Å². The Bertz CT molecular complexity index is 1450. The summed E-state index contributed by atoms with van der Waals surface area (Å²) in [4.78, 5) is 14.1. The molecule has 1 aliphatic rings. The van der Waals surface area contributed by atoms with Gasteiger partial charge in [-0.15, -0.1) is 10.2 Å². The van der Waals surface area contributed by atoms with Crippen molar-refractivity contribution in [1.82, 2.24) is 4.57 Å². The molecule has 7 heteroatoms. The summed E-state index contributed by atoms with van der Waals surface area (Å²) in [6.07, 6.45) is 1.72. The predicted molar refractivity (Wildman–Crippen MR) is 127 cm³/mol. The third-order valence-electron chi connectivity index (χ3n) is 5.06. The molecule has 4 nitrogen and oxygen atoms in total. The van der Waals surface area contributed by atoms with Gasteiger partial charge in [0.15, 0.2) is 0 Å². The number of benzene rings is 3. The van der Waals surface area contributed by atoms with Gasteiger partial charge in [0.1, 0.15) is 6.04 Å². The molecule has 0 bridgehead atoms. The summed E-state index contributed by atoms with van der Waals surface area (Å²) in [5.74, 6) is 0. The fourth-order valence-corrected chi connectivity index (χ4v) is 5.04. The van der Waals surface area contributed by atoms with E-state index in [4.69, 9.17) is 23.2 Å². The van der Waals surface area contributed by atoms with E-state index in [0.29, 0.717) is 24.9 Å². The van der Waals surface area contributed by atoms with Gasteiger partial charge in [0.25, 0.3) is 5.56 Å². The fourth-order valence-electron chi connectivity index (χ4n) is 3.60. The Hall–Kier alpha value is -2.99. The Kier molecular flexibility index (Phi) is 5.32. The first-order valence-electron chi connectivity index (χ1n) is 9.56. The van der Waals surface area contributed by atoms with Gasteiger partial charge in [0.2, 0.25) is 4.80 Å². The highest BCUT2D eigenvalue weighted by Gasteiger charge is 2.28. The lowest BCUT2D eigenvalue weighted by Crippen LogP contribution is -2.40. The van der Waals surface area contributed by atoms with E-state index in [1.165, 1.54) is 11.3 Å². The first kappa shape index (κ1) is 19.9. The van der Waals surface area contributed by atoms with E-state index in [0.717, 1.165) is 16.8 Å². The highest BCUT2D eigenvalue weighted by molar-refractivity contribution is 7.07. The minimum Gasteiger partial charge on any atom is -0.268 e. The lowest BCUT2D eigenvalue weighted by molar-refractivity contribution is 0.657. The zero-order chi connectivity index (χ0) is 21.4. The van der Waals surface area contributed by atoms with Gasteiger partial charge < -0.3 is 0 Å². The van der Waals surface area contributed by atoms with Crippen LogP contribution in [-0.4, -0.2) is 10.3 Å². The summed E-state index contributed by atoms with van der Waals surface area (Å²) >= 11 is 13.9. The Labute approximate surface area is 192 Å². The summed E-state index contributed by atoms with van der Waals surface area (Å²) in [6.45, 7) is 0. The van der Waals surface area contributed by atoms with E-state index in [1.54, 1.807) is 28.8 Å². The highest BCUT2D eigenvalue weighted by Crippen LogP contribution is 2.26. The van der Waals surface area contributed by atoms with Crippen molar-refractivity contribution in [3.05, 3.63) is 125 Å². The van der Waals surface area contributed by atoms with Crippen molar-refractivity contribution in [3.63, 3.8) is 0 Å². The standard InChI is InChI=1S/C24H15Cl2N3OS/c25-18-12-7-13-19(26)17(18)14-20-23(30)29-22(16-10-5-2-6-11-16)21(27-28-24(29)31-20)15-8-3-1-4-9-15/h1-14,22H. The SMILES string of the molecule is O=c1c(=Cc2c(Cl)cccc2Cl)sc2n1C(c1ccccc1)C(c1ccccc1)=NN=2.